The lowest BCUT2D eigenvalue weighted by molar-refractivity contribution is -0.0163. The number of nitrogens with one attached hydrogen (secondary N) is 2. The monoisotopic (exact) mass is 410 g/mol. The first-order valence-corrected chi connectivity index (χ1v) is 11.4. The van der Waals surface area contributed by atoms with Crippen LogP contribution >= 0.6 is 0 Å². The predicted octanol–water partition coefficient (Wildman–Crippen LogP) is 1.85. The van der Waals surface area contributed by atoms with Crippen LogP contribution in [0.25, 0.3) is 0 Å². The second kappa shape index (κ2) is 8.67. The Morgan fingerprint density at radius 2 is 1.86 bits per heavy atom. The molecule has 2 fully saturated rings. The van der Waals surface area contributed by atoms with Crippen molar-refractivity contribution in [3.8, 4) is 0 Å². The van der Waals surface area contributed by atoms with Gasteiger partial charge in [0.05, 0.1) is 24.7 Å². The molecular weight excluding hydrogens is 380 g/mol. The molecule has 1 aromatic carbocycles. The van der Waals surface area contributed by atoms with Crippen molar-refractivity contribution in [2.75, 3.05) is 54.8 Å². The van der Waals surface area contributed by atoms with Gasteiger partial charge in [-0.1, -0.05) is 6.92 Å². The molecule has 2 heterocycles. The molecule has 0 aliphatic carbocycles. The molecule has 2 aliphatic rings. The van der Waals surface area contributed by atoms with E-state index in [0.717, 1.165) is 32.7 Å². The highest BCUT2D eigenvalue weighted by Gasteiger charge is 2.32. The number of carbonyl (C=O) groups is 1. The van der Waals surface area contributed by atoms with Crippen molar-refractivity contribution < 1.29 is 17.9 Å². The second-order valence-electron chi connectivity index (χ2n) is 7.55. The molecule has 0 aromatic heterocycles. The SMILES string of the molecule is CC[C@@](C)(CNC(=O)Nc1ccc(N2CCCS2(=O)=O)cc1)N1CCOCC1. The largest absolute Gasteiger partial charge is 0.379 e. The van der Waals surface area contributed by atoms with Crippen LogP contribution in [0.3, 0.4) is 0 Å². The lowest BCUT2D eigenvalue weighted by atomic mass is 9.95. The van der Waals surface area contributed by atoms with Crippen LogP contribution in [-0.4, -0.2) is 70.0 Å². The quantitative estimate of drug-likeness (QED) is 0.747. The number of hydrogen-bond donors (Lipinski definition) is 2. The fourth-order valence-corrected chi connectivity index (χ4v) is 5.21. The van der Waals surface area contributed by atoms with E-state index in [1.807, 2.05) is 0 Å². The zero-order chi connectivity index (χ0) is 20.2. The first-order chi connectivity index (χ1) is 13.3. The number of amides is 2. The summed E-state index contributed by atoms with van der Waals surface area (Å²) in [5, 5.41) is 5.78. The van der Waals surface area contributed by atoms with E-state index in [1.165, 1.54) is 4.31 Å². The third-order valence-electron chi connectivity index (χ3n) is 5.68. The summed E-state index contributed by atoms with van der Waals surface area (Å²) < 4.78 is 30.8. The number of morpholine rings is 1. The van der Waals surface area contributed by atoms with E-state index < -0.39 is 10.0 Å². The van der Waals surface area contributed by atoms with Crippen molar-refractivity contribution in [3.05, 3.63) is 24.3 Å². The van der Waals surface area contributed by atoms with Crippen LogP contribution < -0.4 is 14.9 Å². The first-order valence-electron chi connectivity index (χ1n) is 9.82. The minimum atomic E-state index is -3.19. The van der Waals surface area contributed by atoms with Crippen LogP contribution in [-0.2, 0) is 14.8 Å². The minimum Gasteiger partial charge on any atom is -0.379 e. The summed E-state index contributed by atoms with van der Waals surface area (Å²) in [6.45, 7) is 8.51. The van der Waals surface area contributed by atoms with Crippen molar-refractivity contribution >= 4 is 27.4 Å². The summed E-state index contributed by atoms with van der Waals surface area (Å²) in [5.74, 6) is 0.189. The number of sulfonamides is 1. The fourth-order valence-electron chi connectivity index (χ4n) is 3.65. The molecule has 1 atom stereocenters. The van der Waals surface area contributed by atoms with Gasteiger partial charge in [0.2, 0.25) is 10.0 Å². The highest BCUT2D eigenvalue weighted by atomic mass is 32.2. The molecule has 28 heavy (non-hydrogen) atoms. The molecule has 0 bridgehead atoms. The summed E-state index contributed by atoms with van der Waals surface area (Å²) in [6, 6.07) is 6.63. The van der Waals surface area contributed by atoms with E-state index in [2.05, 4.69) is 29.4 Å². The highest BCUT2D eigenvalue weighted by Crippen LogP contribution is 2.25. The Labute approximate surface area is 167 Å². The zero-order valence-corrected chi connectivity index (χ0v) is 17.4. The Bertz CT molecular complexity index is 778. The summed E-state index contributed by atoms with van der Waals surface area (Å²) in [5.41, 5.74) is 1.14. The van der Waals surface area contributed by atoms with Gasteiger partial charge in [-0.3, -0.25) is 9.21 Å². The lowest BCUT2D eigenvalue weighted by Gasteiger charge is -2.43. The summed E-state index contributed by atoms with van der Waals surface area (Å²) >= 11 is 0. The summed E-state index contributed by atoms with van der Waals surface area (Å²) in [7, 11) is -3.19. The average molecular weight is 411 g/mol. The van der Waals surface area contributed by atoms with Crippen LogP contribution in [0, 0.1) is 0 Å². The van der Waals surface area contributed by atoms with Crippen LogP contribution in [0.2, 0.25) is 0 Å². The van der Waals surface area contributed by atoms with E-state index in [1.54, 1.807) is 24.3 Å². The third-order valence-corrected chi connectivity index (χ3v) is 7.55. The lowest BCUT2D eigenvalue weighted by Crippen LogP contribution is -2.57. The number of urea groups is 1. The molecule has 9 heteroatoms. The van der Waals surface area contributed by atoms with E-state index in [4.69, 9.17) is 4.74 Å². The molecular formula is C19H30N4O4S. The average Bonchev–Trinajstić information content (AvgIpc) is 3.06. The Hall–Kier alpha value is -1.84. The van der Waals surface area contributed by atoms with E-state index in [9.17, 15) is 13.2 Å². The Morgan fingerprint density at radius 3 is 2.43 bits per heavy atom. The van der Waals surface area contributed by atoms with E-state index >= 15 is 0 Å². The molecule has 1 aromatic rings. The highest BCUT2D eigenvalue weighted by molar-refractivity contribution is 7.93. The Balaban J connectivity index is 1.54. The number of rotatable bonds is 6. The van der Waals surface area contributed by atoms with Crippen LogP contribution in [0.4, 0.5) is 16.2 Å². The van der Waals surface area contributed by atoms with Gasteiger partial charge in [0.15, 0.2) is 0 Å². The standard InChI is InChI=1S/C19H30N4O4S/c1-3-19(2,22-10-12-27-13-11-22)15-20-18(24)21-16-5-7-17(8-6-16)23-9-4-14-28(23,25)26/h5-8H,3-4,9-15H2,1-2H3,(H2,20,21,24)/t19-/m0/s1. The van der Waals surface area contributed by atoms with Gasteiger partial charge in [0.25, 0.3) is 0 Å². The van der Waals surface area contributed by atoms with E-state index in [0.29, 0.717) is 30.9 Å². The third kappa shape index (κ3) is 4.76. The molecule has 8 nitrogen and oxygen atoms in total. The van der Waals surface area contributed by atoms with Crippen molar-refractivity contribution in [2.45, 2.75) is 32.2 Å². The van der Waals surface area contributed by atoms with Gasteiger partial charge >= 0.3 is 6.03 Å². The number of ether oxygens (including phenoxy) is 1. The van der Waals surface area contributed by atoms with Crippen LogP contribution in [0.1, 0.15) is 26.7 Å². The number of hydrogen-bond acceptors (Lipinski definition) is 5. The predicted molar refractivity (Wildman–Crippen MR) is 110 cm³/mol. The zero-order valence-electron chi connectivity index (χ0n) is 16.6. The molecule has 2 saturated heterocycles. The molecule has 156 valence electrons. The Morgan fingerprint density at radius 1 is 1.18 bits per heavy atom. The maximum absolute atomic E-state index is 12.3. The Kier molecular flexibility index (Phi) is 6.47. The number of carbonyl (C=O) groups excluding carboxylic acids is 1. The fraction of sp³-hybridized carbons (Fsp3) is 0.632. The van der Waals surface area contributed by atoms with Crippen molar-refractivity contribution in [1.82, 2.24) is 10.2 Å². The molecule has 3 rings (SSSR count). The number of benzene rings is 1. The normalized spacial score (nSPS) is 21.9. The smallest absolute Gasteiger partial charge is 0.319 e. The van der Waals surface area contributed by atoms with Gasteiger partial charge in [0.1, 0.15) is 0 Å². The summed E-state index contributed by atoms with van der Waals surface area (Å²) in [6.07, 6.45) is 1.57. The van der Waals surface area contributed by atoms with Crippen LogP contribution in [0.15, 0.2) is 24.3 Å². The molecule has 2 aliphatic heterocycles. The van der Waals surface area contributed by atoms with Crippen molar-refractivity contribution in [3.63, 3.8) is 0 Å². The summed E-state index contributed by atoms with van der Waals surface area (Å²) in [4.78, 5) is 14.7. The van der Waals surface area contributed by atoms with Gasteiger partial charge in [-0.15, -0.1) is 0 Å². The molecule has 0 radical (unpaired) electrons. The van der Waals surface area contributed by atoms with Gasteiger partial charge in [-0.25, -0.2) is 13.2 Å². The van der Waals surface area contributed by atoms with Crippen LogP contribution in [0.5, 0.6) is 0 Å². The van der Waals surface area contributed by atoms with Gasteiger partial charge < -0.3 is 15.4 Å². The number of anilines is 2. The number of nitrogens with zero attached hydrogens (tertiary/aromatic N) is 2. The topological polar surface area (TPSA) is 91.0 Å². The molecule has 2 N–H and O–H groups in total. The maximum Gasteiger partial charge on any atom is 0.319 e. The van der Waals surface area contributed by atoms with Gasteiger partial charge in [-0.2, -0.15) is 0 Å². The molecule has 0 saturated carbocycles. The maximum atomic E-state index is 12.3. The van der Waals surface area contributed by atoms with Crippen molar-refractivity contribution in [1.29, 1.82) is 0 Å². The molecule has 0 spiro atoms. The second-order valence-corrected chi connectivity index (χ2v) is 9.56. The van der Waals surface area contributed by atoms with E-state index in [-0.39, 0.29) is 17.3 Å². The minimum absolute atomic E-state index is 0.116. The van der Waals surface area contributed by atoms with Gasteiger partial charge in [-0.05, 0) is 44.0 Å². The molecule has 0 unspecified atom stereocenters. The molecule has 2 amide bonds. The van der Waals surface area contributed by atoms with Crippen molar-refractivity contribution in [2.24, 2.45) is 0 Å². The first kappa shape index (κ1) is 20.9. The van der Waals surface area contributed by atoms with Gasteiger partial charge in [0, 0.05) is 37.4 Å².